The molecule has 0 bridgehead atoms. The summed E-state index contributed by atoms with van der Waals surface area (Å²) in [5.74, 6) is 0. The first-order valence-electron chi connectivity index (χ1n) is 8.23. The van der Waals surface area contributed by atoms with Crippen LogP contribution < -0.4 is 0 Å². The van der Waals surface area contributed by atoms with Gasteiger partial charge in [-0.1, -0.05) is 29.8 Å². The Morgan fingerprint density at radius 1 is 1.29 bits per heavy atom. The van der Waals surface area contributed by atoms with Crippen molar-refractivity contribution in [3.05, 3.63) is 34.9 Å². The van der Waals surface area contributed by atoms with Crippen molar-refractivity contribution in [1.29, 1.82) is 0 Å². The highest BCUT2D eigenvalue weighted by molar-refractivity contribution is 6.31. The van der Waals surface area contributed by atoms with Crippen LogP contribution in [0.5, 0.6) is 0 Å². The zero-order valence-electron chi connectivity index (χ0n) is 14.0. The van der Waals surface area contributed by atoms with Crippen molar-refractivity contribution < 1.29 is 19.4 Å². The van der Waals surface area contributed by atoms with E-state index >= 15 is 0 Å². The van der Waals surface area contributed by atoms with Crippen molar-refractivity contribution >= 4 is 17.7 Å². The standard InChI is InChI=1S/C17H25ClN2O4/c1-2-24-17(22)20-9-7-19(8-10-20)11-15(21)13-23-12-14-5-3-4-6-16(14)18/h3-6,15,21H,2,7-13H2,1H3. The fraction of sp³-hybridized carbons (Fsp3) is 0.588. The number of benzene rings is 1. The highest BCUT2D eigenvalue weighted by Gasteiger charge is 2.23. The monoisotopic (exact) mass is 356 g/mol. The molecule has 0 aliphatic carbocycles. The number of amides is 1. The number of β-amino-alcohol motifs (C(OH)–C–C–N with tert-alkyl or cyclic N) is 1. The highest BCUT2D eigenvalue weighted by atomic mass is 35.5. The minimum Gasteiger partial charge on any atom is -0.450 e. The molecule has 1 heterocycles. The van der Waals surface area contributed by atoms with Crippen LogP contribution in [0, 0.1) is 0 Å². The third-order valence-corrected chi connectivity index (χ3v) is 4.26. The van der Waals surface area contributed by atoms with Gasteiger partial charge in [0, 0.05) is 37.7 Å². The number of piperazine rings is 1. The number of carbonyl (C=O) groups is 1. The Kier molecular flexibility index (Phi) is 7.78. The van der Waals surface area contributed by atoms with Gasteiger partial charge in [-0.2, -0.15) is 0 Å². The number of hydrogen-bond acceptors (Lipinski definition) is 5. The number of hydrogen-bond donors (Lipinski definition) is 1. The average molecular weight is 357 g/mol. The van der Waals surface area contributed by atoms with Crippen molar-refractivity contribution in [1.82, 2.24) is 9.80 Å². The Balaban J connectivity index is 1.64. The quantitative estimate of drug-likeness (QED) is 0.809. The van der Waals surface area contributed by atoms with Crippen molar-refractivity contribution in [2.75, 3.05) is 45.9 Å². The Morgan fingerprint density at radius 3 is 2.67 bits per heavy atom. The molecule has 1 aromatic carbocycles. The molecule has 6 nitrogen and oxygen atoms in total. The third-order valence-electron chi connectivity index (χ3n) is 3.89. The fourth-order valence-corrected chi connectivity index (χ4v) is 2.79. The molecule has 1 atom stereocenters. The molecular formula is C17H25ClN2O4. The van der Waals surface area contributed by atoms with E-state index in [9.17, 15) is 9.90 Å². The highest BCUT2D eigenvalue weighted by Crippen LogP contribution is 2.15. The molecule has 1 aliphatic heterocycles. The molecule has 1 unspecified atom stereocenters. The zero-order valence-corrected chi connectivity index (χ0v) is 14.7. The van der Waals surface area contributed by atoms with Gasteiger partial charge in [0.25, 0.3) is 0 Å². The van der Waals surface area contributed by atoms with Gasteiger partial charge in [0.1, 0.15) is 0 Å². The van der Waals surface area contributed by atoms with Gasteiger partial charge in [0.2, 0.25) is 0 Å². The summed E-state index contributed by atoms with van der Waals surface area (Å²) in [5, 5.41) is 10.8. The lowest BCUT2D eigenvalue weighted by atomic mass is 10.2. The van der Waals surface area contributed by atoms with Crippen LogP contribution in [0.3, 0.4) is 0 Å². The summed E-state index contributed by atoms with van der Waals surface area (Å²) in [5.41, 5.74) is 0.911. The molecule has 1 fully saturated rings. The predicted molar refractivity (Wildman–Crippen MR) is 92.1 cm³/mol. The Bertz CT molecular complexity index is 521. The van der Waals surface area contributed by atoms with Crippen LogP contribution in [0.25, 0.3) is 0 Å². The second kappa shape index (κ2) is 9.84. The van der Waals surface area contributed by atoms with Gasteiger partial charge in [-0.3, -0.25) is 4.90 Å². The predicted octanol–water partition coefficient (Wildman–Crippen LogP) is 1.99. The second-order valence-corrected chi connectivity index (χ2v) is 6.15. The number of aliphatic hydroxyl groups is 1. The zero-order chi connectivity index (χ0) is 17.4. The van der Waals surface area contributed by atoms with Crippen LogP contribution in [-0.2, 0) is 16.1 Å². The Morgan fingerprint density at radius 2 is 2.00 bits per heavy atom. The molecule has 1 saturated heterocycles. The lowest BCUT2D eigenvalue weighted by Gasteiger charge is -2.34. The lowest BCUT2D eigenvalue weighted by Crippen LogP contribution is -2.50. The van der Waals surface area contributed by atoms with E-state index < -0.39 is 6.10 Å². The molecular weight excluding hydrogens is 332 g/mol. The summed E-state index contributed by atoms with van der Waals surface area (Å²) in [6.45, 7) is 6.03. The fourth-order valence-electron chi connectivity index (χ4n) is 2.60. The first kappa shape index (κ1) is 19.0. The molecule has 0 aromatic heterocycles. The van der Waals surface area contributed by atoms with Crippen LogP contribution in [0.15, 0.2) is 24.3 Å². The summed E-state index contributed by atoms with van der Waals surface area (Å²) in [6.07, 6.45) is -0.831. The number of aliphatic hydroxyl groups excluding tert-OH is 1. The molecule has 1 N–H and O–H groups in total. The number of ether oxygens (including phenoxy) is 2. The molecule has 7 heteroatoms. The van der Waals surface area contributed by atoms with Gasteiger partial charge < -0.3 is 19.5 Å². The van der Waals surface area contributed by atoms with E-state index in [1.807, 2.05) is 24.3 Å². The molecule has 1 aromatic rings. The third kappa shape index (κ3) is 5.94. The molecule has 134 valence electrons. The summed E-state index contributed by atoms with van der Waals surface area (Å²) < 4.78 is 10.5. The summed E-state index contributed by atoms with van der Waals surface area (Å²) >= 11 is 6.06. The Hall–Kier alpha value is -1.34. The lowest BCUT2D eigenvalue weighted by molar-refractivity contribution is 0.00121. The van der Waals surface area contributed by atoms with Gasteiger partial charge in [-0.05, 0) is 18.6 Å². The minimum absolute atomic E-state index is 0.253. The number of nitrogens with zero attached hydrogens (tertiary/aromatic N) is 2. The maximum absolute atomic E-state index is 11.6. The molecule has 0 radical (unpaired) electrons. The maximum atomic E-state index is 11.6. The van der Waals surface area contributed by atoms with Crippen molar-refractivity contribution in [2.24, 2.45) is 0 Å². The van der Waals surface area contributed by atoms with E-state index in [-0.39, 0.29) is 12.7 Å². The number of halogens is 1. The van der Waals surface area contributed by atoms with Gasteiger partial charge in [0.05, 0.1) is 25.9 Å². The summed E-state index contributed by atoms with van der Waals surface area (Å²) in [7, 11) is 0. The van der Waals surface area contributed by atoms with Crippen molar-refractivity contribution in [3.63, 3.8) is 0 Å². The molecule has 1 aliphatic rings. The first-order valence-corrected chi connectivity index (χ1v) is 8.61. The molecule has 0 saturated carbocycles. The normalized spacial score (nSPS) is 16.9. The summed E-state index contributed by atoms with van der Waals surface area (Å²) in [4.78, 5) is 15.5. The number of carbonyl (C=O) groups excluding carboxylic acids is 1. The van der Waals surface area contributed by atoms with Gasteiger partial charge in [0.15, 0.2) is 0 Å². The molecule has 1 amide bonds. The average Bonchev–Trinajstić information content (AvgIpc) is 2.57. The van der Waals surface area contributed by atoms with Gasteiger partial charge >= 0.3 is 6.09 Å². The topological polar surface area (TPSA) is 62.2 Å². The minimum atomic E-state index is -0.568. The number of rotatable bonds is 7. The van der Waals surface area contributed by atoms with E-state index in [4.69, 9.17) is 21.1 Å². The van der Waals surface area contributed by atoms with Crippen molar-refractivity contribution in [3.8, 4) is 0 Å². The van der Waals surface area contributed by atoms with Gasteiger partial charge in [-0.15, -0.1) is 0 Å². The van der Waals surface area contributed by atoms with E-state index in [0.29, 0.717) is 37.9 Å². The van der Waals surface area contributed by atoms with E-state index in [2.05, 4.69) is 4.90 Å². The maximum Gasteiger partial charge on any atom is 0.409 e. The van der Waals surface area contributed by atoms with Crippen LogP contribution >= 0.6 is 11.6 Å². The first-order chi connectivity index (χ1) is 11.6. The van der Waals surface area contributed by atoms with E-state index in [1.165, 1.54) is 0 Å². The smallest absolute Gasteiger partial charge is 0.409 e. The van der Waals surface area contributed by atoms with E-state index in [1.54, 1.807) is 11.8 Å². The SMILES string of the molecule is CCOC(=O)N1CCN(CC(O)COCc2ccccc2Cl)CC1. The largest absolute Gasteiger partial charge is 0.450 e. The van der Waals surface area contributed by atoms with Crippen LogP contribution in [0.4, 0.5) is 4.79 Å². The second-order valence-electron chi connectivity index (χ2n) is 5.75. The van der Waals surface area contributed by atoms with Gasteiger partial charge in [-0.25, -0.2) is 4.79 Å². The Labute approximate surface area is 147 Å². The van der Waals surface area contributed by atoms with Crippen LogP contribution in [0.1, 0.15) is 12.5 Å². The molecule has 24 heavy (non-hydrogen) atoms. The van der Waals surface area contributed by atoms with Crippen molar-refractivity contribution in [2.45, 2.75) is 19.6 Å². The van der Waals surface area contributed by atoms with E-state index in [0.717, 1.165) is 18.7 Å². The summed E-state index contributed by atoms with van der Waals surface area (Å²) in [6, 6.07) is 7.50. The van der Waals surface area contributed by atoms with Crippen LogP contribution in [-0.4, -0.2) is 73.0 Å². The van der Waals surface area contributed by atoms with Crippen LogP contribution in [0.2, 0.25) is 5.02 Å². The molecule has 2 rings (SSSR count). The molecule has 0 spiro atoms.